The highest BCUT2D eigenvalue weighted by molar-refractivity contribution is 7.98. The number of halogens is 1. The molecule has 0 fully saturated rings. The molecule has 3 aromatic carbocycles. The molecule has 0 bridgehead atoms. The van der Waals surface area contributed by atoms with Crippen LogP contribution >= 0.6 is 23.4 Å². The third kappa shape index (κ3) is 5.75. The van der Waals surface area contributed by atoms with E-state index in [1.807, 2.05) is 30.5 Å². The zero-order valence-electron chi connectivity index (χ0n) is 16.2. The molecule has 0 atom stereocenters. The Bertz CT molecular complexity index is 1230. The van der Waals surface area contributed by atoms with Gasteiger partial charge >= 0.3 is 0 Å². The van der Waals surface area contributed by atoms with E-state index in [1.54, 1.807) is 23.9 Å². The Morgan fingerprint density at radius 1 is 1.06 bits per heavy atom. The molecule has 0 unspecified atom stereocenters. The van der Waals surface area contributed by atoms with E-state index in [0.717, 1.165) is 16.5 Å². The van der Waals surface area contributed by atoms with Crippen LogP contribution in [-0.2, 0) is 10.0 Å². The number of thioether (sulfide) groups is 1. The minimum absolute atomic E-state index is 0.0714. The lowest BCUT2D eigenvalue weighted by atomic mass is 10.2. The topological polar surface area (TPSA) is 114 Å². The molecule has 3 aromatic rings. The minimum atomic E-state index is -4.20. The number of non-ortho nitro benzene ring substituents is 1. The van der Waals surface area contributed by atoms with Crippen LogP contribution in [0.15, 0.2) is 81.6 Å². The summed E-state index contributed by atoms with van der Waals surface area (Å²) in [6, 6.07) is 17.3. The molecule has 0 spiro atoms. The van der Waals surface area contributed by atoms with Gasteiger partial charge < -0.3 is 0 Å². The second kappa shape index (κ2) is 9.82. The second-order valence-electron chi connectivity index (χ2n) is 6.17. The number of nitro benzene ring substituents is 1. The van der Waals surface area contributed by atoms with E-state index in [1.165, 1.54) is 30.5 Å². The number of hydrogen-bond acceptors (Lipinski definition) is 7. The van der Waals surface area contributed by atoms with Gasteiger partial charge in [0.25, 0.3) is 15.7 Å². The van der Waals surface area contributed by atoms with Crippen molar-refractivity contribution in [3.63, 3.8) is 0 Å². The first-order chi connectivity index (χ1) is 14.8. The van der Waals surface area contributed by atoms with Crippen LogP contribution in [0.5, 0.6) is 0 Å². The van der Waals surface area contributed by atoms with Crippen molar-refractivity contribution in [3.05, 3.63) is 87.4 Å². The lowest BCUT2D eigenvalue weighted by molar-refractivity contribution is -0.385. The number of para-hydroxylation sites is 1. The molecule has 0 heterocycles. The molecule has 160 valence electrons. The van der Waals surface area contributed by atoms with Gasteiger partial charge in [-0.3, -0.25) is 20.3 Å². The van der Waals surface area contributed by atoms with E-state index in [9.17, 15) is 18.5 Å². The predicted octanol–water partition coefficient (Wildman–Crippen LogP) is 5.22. The Morgan fingerprint density at radius 2 is 1.77 bits per heavy atom. The molecule has 8 nitrogen and oxygen atoms in total. The van der Waals surface area contributed by atoms with Crippen molar-refractivity contribution in [2.24, 2.45) is 5.10 Å². The van der Waals surface area contributed by atoms with Crippen molar-refractivity contribution in [2.45, 2.75) is 9.79 Å². The molecular weight excluding hydrogens is 460 g/mol. The van der Waals surface area contributed by atoms with Crippen LogP contribution < -0.4 is 10.1 Å². The van der Waals surface area contributed by atoms with Gasteiger partial charge in [-0.1, -0.05) is 35.9 Å². The average Bonchev–Trinajstić information content (AvgIpc) is 2.75. The van der Waals surface area contributed by atoms with Crippen LogP contribution in [0.4, 0.5) is 17.1 Å². The van der Waals surface area contributed by atoms with E-state index in [-0.39, 0.29) is 27.0 Å². The smallest absolute Gasteiger partial charge is 0.270 e. The highest BCUT2D eigenvalue weighted by Crippen LogP contribution is 2.30. The van der Waals surface area contributed by atoms with Gasteiger partial charge in [0.2, 0.25) is 0 Å². The number of nitro groups is 1. The number of hydrazone groups is 1. The van der Waals surface area contributed by atoms with Crippen LogP contribution in [0.1, 0.15) is 5.56 Å². The standard InChI is InChI=1S/C20H17ClN4O4S2/c1-30-16-9-6-14(7-10-16)13-22-23-19-11-8-15(25(26)27)12-20(19)31(28,29)24-18-5-3-2-4-17(18)21/h2-13,23-24H,1H3. The summed E-state index contributed by atoms with van der Waals surface area (Å²) in [5.41, 5.74) is 3.30. The maximum absolute atomic E-state index is 13.0. The molecule has 11 heteroatoms. The van der Waals surface area contributed by atoms with Crippen molar-refractivity contribution in [1.82, 2.24) is 0 Å². The third-order valence-corrected chi connectivity index (χ3v) is 6.58. The first kappa shape index (κ1) is 22.6. The van der Waals surface area contributed by atoms with Gasteiger partial charge in [-0.05, 0) is 42.2 Å². The monoisotopic (exact) mass is 476 g/mol. The Balaban J connectivity index is 1.92. The van der Waals surface area contributed by atoms with Gasteiger partial charge in [-0.15, -0.1) is 11.8 Å². The SMILES string of the molecule is CSc1ccc(C=NNc2ccc([N+](=O)[O-])cc2S(=O)(=O)Nc2ccccc2Cl)cc1. The predicted molar refractivity (Wildman–Crippen MR) is 125 cm³/mol. The molecule has 0 saturated carbocycles. The van der Waals surface area contributed by atoms with E-state index < -0.39 is 14.9 Å². The summed E-state index contributed by atoms with van der Waals surface area (Å²) >= 11 is 7.65. The number of anilines is 2. The average molecular weight is 477 g/mol. The van der Waals surface area contributed by atoms with E-state index >= 15 is 0 Å². The lowest BCUT2D eigenvalue weighted by Gasteiger charge is -2.12. The highest BCUT2D eigenvalue weighted by Gasteiger charge is 2.23. The Morgan fingerprint density at radius 3 is 2.42 bits per heavy atom. The maximum atomic E-state index is 13.0. The highest BCUT2D eigenvalue weighted by atomic mass is 35.5. The number of nitrogens with zero attached hydrogens (tertiary/aromatic N) is 2. The van der Waals surface area contributed by atoms with Crippen molar-refractivity contribution >= 4 is 56.7 Å². The number of nitrogens with one attached hydrogen (secondary N) is 2. The first-order valence-corrected chi connectivity index (χ1v) is 11.9. The molecule has 3 rings (SSSR count). The molecule has 31 heavy (non-hydrogen) atoms. The second-order valence-corrected chi connectivity index (χ2v) is 9.10. The number of sulfonamides is 1. The summed E-state index contributed by atoms with van der Waals surface area (Å²) in [7, 11) is -4.20. The zero-order chi connectivity index (χ0) is 22.4. The Kier molecular flexibility index (Phi) is 7.16. The molecule has 0 saturated heterocycles. The van der Waals surface area contributed by atoms with Crippen LogP contribution in [0.25, 0.3) is 0 Å². The molecule has 0 amide bonds. The number of rotatable bonds is 8. The maximum Gasteiger partial charge on any atom is 0.270 e. The Hall–Kier alpha value is -3.08. The largest absolute Gasteiger partial charge is 0.278 e. The van der Waals surface area contributed by atoms with Crippen LogP contribution in [0, 0.1) is 10.1 Å². The zero-order valence-corrected chi connectivity index (χ0v) is 18.5. The molecule has 0 aliphatic rings. The van der Waals surface area contributed by atoms with Gasteiger partial charge in [-0.25, -0.2) is 8.42 Å². The van der Waals surface area contributed by atoms with Crippen LogP contribution in [0.2, 0.25) is 5.02 Å². The van der Waals surface area contributed by atoms with Crippen molar-refractivity contribution in [2.75, 3.05) is 16.4 Å². The first-order valence-electron chi connectivity index (χ1n) is 8.79. The van der Waals surface area contributed by atoms with Gasteiger partial charge in [0.05, 0.1) is 27.5 Å². The molecular formula is C20H17ClN4O4S2. The summed E-state index contributed by atoms with van der Waals surface area (Å²) in [4.78, 5) is 11.3. The molecule has 0 aromatic heterocycles. The summed E-state index contributed by atoms with van der Waals surface area (Å²) in [5, 5.41) is 15.4. The van der Waals surface area contributed by atoms with E-state index in [0.29, 0.717) is 0 Å². The molecule has 2 N–H and O–H groups in total. The molecule has 0 aliphatic heterocycles. The summed E-state index contributed by atoms with van der Waals surface area (Å²) in [6.45, 7) is 0. The lowest BCUT2D eigenvalue weighted by Crippen LogP contribution is -2.15. The summed E-state index contributed by atoms with van der Waals surface area (Å²) in [6.07, 6.45) is 3.49. The van der Waals surface area contributed by atoms with Crippen molar-refractivity contribution in [1.29, 1.82) is 0 Å². The molecule has 0 aliphatic carbocycles. The van der Waals surface area contributed by atoms with E-state index in [4.69, 9.17) is 11.6 Å². The van der Waals surface area contributed by atoms with Crippen LogP contribution in [-0.4, -0.2) is 25.8 Å². The summed E-state index contributed by atoms with van der Waals surface area (Å²) in [5.74, 6) is 0. The van der Waals surface area contributed by atoms with Gasteiger partial charge in [-0.2, -0.15) is 5.10 Å². The number of hydrogen-bond donors (Lipinski definition) is 2. The fourth-order valence-electron chi connectivity index (χ4n) is 2.55. The van der Waals surface area contributed by atoms with Crippen LogP contribution in [0.3, 0.4) is 0 Å². The third-order valence-electron chi connectivity index (χ3n) is 4.10. The van der Waals surface area contributed by atoms with E-state index in [2.05, 4.69) is 15.2 Å². The Labute approximate surface area is 188 Å². The van der Waals surface area contributed by atoms with Gasteiger partial charge in [0.1, 0.15) is 4.90 Å². The van der Waals surface area contributed by atoms with Crippen molar-refractivity contribution in [3.8, 4) is 0 Å². The molecule has 0 radical (unpaired) electrons. The fraction of sp³-hybridized carbons (Fsp3) is 0.0500. The van der Waals surface area contributed by atoms with Gasteiger partial charge in [0.15, 0.2) is 0 Å². The summed E-state index contributed by atoms with van der Waals surface area (Å²) < 4.78 is 28.3. The fourth-order valence-corrected chi connectivity index (χ4v) is 4.45. The van der Waals surface area contributed by atoms with Gasteiger partial charge in [0, 0.05) is 17.0 Å². The van der Waals surface area contributed by atoms with Crippen molar-refractivity contribution < 1.29 is 13.3 Å². The quantitative estimate of drug-likeness (QED) is 0.199. The number of benzene rings is 3. The minimum Gasteiger partial charge on any atom is -0.278 e. The normalized spacial score (nSPS) is 11.4.